The molecule has 1 unspecified atom stereocenters. The van der Waals surface area contributed by atoms with E-state index in [0.29, 0.717) is 22.0 Å². The lowest BCUT2D eigenvalue weighted by Crippen LogP contribution is -2.13. The SMILES string of the molecule is COc1ccc(Cl)cc1C(=O)Nc1cccc(C(C)O)c1. The number of carbonyl (C=O) groups excluding carboxylic acids is 1. The van der Waals surface area contributed by atoms with Crippen LogP contribution in [0.5, 0.6) is 5.75 Å². The maximum absolute atomic E-state index is 12.3. The summed E-state index contributed by atoms with van der Waals surface area (Å²) in [4.78, 5) is 12.3. The predicted molar refractivity (Wildman–Crippen MR) is 83.0 cm³/mol. The second-order valence-electron chi connectivity index (χ2n) is 4.60. The number of halogens is 1. The smallest absolute Gasteiger partial charge is 0.259 e. The third-order valence-electron chi connectivity index (χ3n) is 3.03. The molecule has 2 aromatic rings. The van der Waals surface area contributed by atoms with Gasteiger partial charge in [-0.2, -0.15) is 0 Å². The molecule has 1 amide bonds. The van der Waals surface area contributed by atoms with Crippen molar-refractivity contribution in [1.82, 2.24) is 0 Å². The molecule has 0 aliphatic heterocycles. The first-order valence-corrected chi connectivity index (χ1v) is 6.82. The molecule has 0 aliphatic rings. The van der Waals surface area contributed by atoms with Gasteiger partial charge >= 0.3 is 0 Å². The first-order chi connectivity index (χ1) is 10.0. The number of benzene rings is 2. The van der Waals surface area contributed by atoms with Crippen molar-refractivity contribution in [3.8, 4) is 5.75 Å². The molecule has 2 N–H and O–H groups in total. The van der Waals surface area contributed by atoms with Crippen LogP contribution in [0.3, 0.4) is 0 Å². The summed E-state index contributed by atoms with van der Waals surface area (Å²) in [6.45, 7) is 1.67. The fraction of sp³-hybridized carbons (Fsp3) is 0.188. The number of carbonyl (C=O) groups is 1. The monoisotopic (exact) mass is 305 g/mol. The summed E-state index contributed by atoms with van der Waals surface area (Å²) in [5.41, 5.74) is 1.68. The fourth-order valence-corrected chi connectivity index (χ4v) is 2.10. The summed E-state index contributed by atoms with van der Waals surface area (Å²) in [6.07, 6.45) is -0.595. The second kappa shape index (κ2) is 6.61. The molecule has 0 aromatic heterocycles. The van der Waals surface area contributed by atoms with Gasteiger partial charge in [0.15, 0.2) is 0 Å². The van der Waals surface area contributed by atoms with Crippen LogP contribution in [0, 0.1) is 0 Å². The van der Waals surface area contributed by atoms with E-state index in [9.17, 15) is 9.90 Å². The lowest BCUT2D eigenvalue weighted by Gasteiger charge is -2.11. The van der Waals surface area contributed by atoms with Crippen molar-refractivity contribution in [1.29, 1.82) is 0 Å². The lowest BCUT2D eigenvalue weighted by atomic mass is 10.1. The molecule has 0 saturated heterocycles. The maximum atomic E-state index is 12.3. The van der Waals surface area contributed by atoms with Crippen LogP contribution in [0.15, 0.2) is 42.5 Å². The number of anilines is 1. The Morgan fingerprint density at radius 1 is 1.29 bits per heavy atom. The Hall–Kier alpha value is -2.04. The number of aliphatic hydroxyl groups excluding tert-OH is 1. The van der Waals surface area contributed by atoms with E-state index >= 15 is 0 Å². The highest BCUT2D eigenvalue weighted by atomic mass is 35.5. The summed E-state index contributed by atoms with van der Waals surface area (Å²) in [5.74, 6) is 0.126. The van der Waals surface area contributed by atoms with E-state index in [1.165, 1.54) is 7.11 Å². The summed E-state index contributed by atoms with van der Waals surface area (Å²) in [7, 11) is 1.49. The van der Waals surface area contributed by atoms with Gasteiger partial charge < -0.3 is 15.2 Å². The highest BCUT2D eigenvalue weighted by Crippen LogP contribution is 2.24. The zero-order valence-corrected chi connectivity index (χ0v) is 12.5. The molecule has 110 valence electrons. The number of nitrogens with one attached hydrogen (secondary N) is 1. The van der Waals surface area contributed by atoms with Crippen molar-refractivity contribution in [2.75, 3.05) is 12.4 Å². The van der Waals surface area contributed by atoms with Crippen LogP contribution < -0.4 is 10.1 Å². The lowest BCUT2D eigenvalue weighted by molar-refractivity contribution is 0.102. The normalized spacial score (nSPS) is 11.8. The number of ether oxygens (including phenoxy) is 1. The summed E-state index contributed by atoms with van der Waals surface area (Å²) < 4.78 is 5.16. The Bertz CT molecular complexity index is 656. The van der Waals surface area contributed by atoms with Crippen LogP contribution in [0.2, 0.25) is 5.02 Å². The van der Waals surface area contributed by atoms with Gasteiger partial charge in [-0.15, -0.1) is 0 Å². The molecule has 0 aliphatic carbocycles. The van der Waals surface area contributed by atoms with Crippen LogP contribution in [0.4, 0.5) is 5.69 Å². The highest BCUT2D eigenvalue weighted by molar-refractivity contribution is 6.31. The van der Waals surface area contributed by atoms with Gasteiger partial charge in [0.1, 0.15) is 5.75 Å². The second-order valence-corrected chi connectivity index (χ2v) is 5.04. The van der Waals surface area contributed by atoms with Crippen LogP contribution >= 0.6 is 11.6 Å². The largest absolute Gasteiger partial charge is 0.496 e. The molecule has 5 heteroatoms. The summed E-state index contributed by atoms with van der Waals surface area (Å²) in [6, 6.07) is 11.9. The number of hydrogen-bond donors (Lipinski definition) is 2. The zero-order valence-electron chi connectivity index (χ0n) is 11.8. The van der Waals surface area contributed by atoms with E-state index in [1.54, 1.807) is 49.4 Å². The van der Waals surface area contributed by atoms with Crippen molar-refractivity contribution in [2.45, 2.75) is 13.0 Å². The van der Waals surface area contributed by atoms with Gasteiger partial charge in [-0.1, -0.05) is 23.7 Å². The van der Waals surface area contributed by atoms with E-state index < -0.39 is 6.10 Å². The zero-order chi connectivity index (χ0) is 15.4. The number of amides is 1. The van der Waals surface area contributed by atoms with Gasteiger partial charge in [0, 0.05) is 10.7 Å². The highest BCUT2D eigenvalue weighted by Gasteiger charge is 2.13. The molecule has 2 aromatic carbocycles. The molecule has 0 bridgehead atoms. The number of aliphatic hydroxyl groups is 1. The molecule has 2 rings (SSSR count). The van der Waals surface area contributed by atoms with E-state index in [-0.39, 0.29) is 5.91 Å². The Balaban J connectivity index is 2.26. The van der Waals surface area contributed by atoms with E-state index in [1.807, 2.05) is 0 Å². The molecule has 4 nitrogen and oxygen atoms in total. The van der Waals surface area contributed by atoms with E-state index in [0.717, 1.165) is 5.56 Å². The maximum Gasteiger partial charge on any atom is 0.259 e. The Labute approximate surface area is 128 Å². The van der Waals surface area contributed by atoms with Crippen LogP contribution in [-0.2, 0) is 0 Å². The van der Waals surface area contributed by atoms with Crippen molar-refractivity contribution in [2.24, 2.45) is 0 Å². The standard InChI is InChI=1S/C16H16ClNO3/c1-10(19)11-4-3-5-13(8-11)18-16(20)14-9-12(17)6-7-15(14)21-2/h3-10,19H,1-2H3,(H,18,20). The van der Waals surface area contributed by atoms with Gasteiger partial charge in [0.05, 0.1) is 18.8 Å². The third kappa shape index (κ3) is 3.74. The Kier molecular flexibility index (Phi) is 4.83. The molecule has 0 saturated carbocycles. The first kappa shape index (κ1) is 15.4. The van der Waals surface area contributed by atoms with Gasteiger partial charge in [0.25, 0.3) is 5.91 Å². The third-order valence-corrected chi connectivity index (χ3v) is 3.27. The average molecular weight is 306 g/mol. The summed E-state index contributed by atoms with van der Waals surface area (Å²) in [5, 5.41) is 12.8. The van der Waals surface area contributed by atoms with Crippen LogP contribution in [0.1, 0.15) is 28.9 Å². The molecule has 0 radical (unpaired) electrons. The molecule has 0 heterocycles. The van der Waals surface area contributed by atoms with Crippen molar-refractivity contribution in [3.05, 3.63) is 58.6 Å². The molecule has 0 spiro atoms. The van der Waals surface area contributed by atoms with Gasteiger partial charge in [-0.25, -0.2) is 0 Å². The van der Waals surface area contributed by atoms with Crippen LogP contribution in [0.25, 0.3) is 0 Å². The minimum Gasteiger partial charge on any atom is -0.496 e. The minimum atomic E-state index is -0.595. The number of methoxy groups -OCH3 is 1. The van der Waals surface area contributed by atoms with Crippen molar-refractivity contribution in [3.63, 3.8) is 0 Å². The van der Waals surface area contributed by atoms with E-state index in [4.69, 9.17) is 16.3 Å². The van der Waals surface area contributed by atoms with E-state index in [2.05, 4.69) is 5.32 Å². The number of rotatable bonds is 4. The average Bonchev–Trinajstić information content (AvgIpc) is 2.47. The Morgan fingerprint density at radius 2 is 2.05 bits per heavy atom. The predicted octanol–water partition coefficient (Wildman–Crippen LogP) is 3.65. The van der Waals surface area contributed by atoms with Crippen molar-refractivity contribution < 1.29 is 14.6 Å². The fourth-order valence-electron chi connectivity index (χ4n) is 1.93. The minimum absolute atomic E-state index is 0.322. The van der Waals surface area contributed by atoms with Gasteiger partial charge in [-0.3, -0.25) is 4.79 Å². The molecule has 0 fully saturated rings. The molecular formula is C16H16ClNO3. The van der Waals surface area contributed by atoms with Gasteiger partial charge in [0.2, 0.25) is 0 Å². The van der Waals surface area contributed by atoms with Crippen LogP contribution in [-0.4, -0.2) is 18.1 Å². The molecule has 21 heavy (non-hydrogen) atoms. The summed E-state index contributed by atoms with van der Waals surface area (Å²) >= 11 is 5.92. The van der Waals surface area contributed by atoms with Gasteiger partial charge in [-0.05, 0) is 42.8 Å². The van der Waals surface area contributed by atoms with Crippen molar-refractivity contribution >= 4 is 23.2 Å². The number of hydrogen-bond acceptors (Lipinski definition) is 3. The molecule has 1 atom stereocenters. The first-order valence-electron chi connectivity index (χ1n) is 6.44. The molecular weight excluding hydrogens is 290 g/mol. The quantitative estimate of drug-likeness (QED) is 0.906. The topological polar surface area (TPSA) is 58.6 Å². The Morgan fingerprint density at radius 3 is 2.71 bits per heavy atom.